The predicted octanol–water partition coefficient (Wildman–Crippen LogP) is 5.97. The highest BCUT2D eigenvalue weighted by molar-refractivity contribution is 6.42. The molecule has 3 atom stereocenters. The van der Waals surface area contributed by atoms with E-state index >= 15 is 0 Å². The van der Waals surface area contributed by atoms with Crippen molar-refractivity contribution in [3.8, 4) is 17.2 Å². The van der Waals surface area contributed by atoms with Gasteiger partial charge in [0.15, 0.2) is 11.5 Å². The number of carbonyl (C=O) groups is 2. The Bertz CT molecular complexity index is 1530. The minimum Gasteiger partial charge on any atom is -0.493 e. The van der Waals surface area contributed by atoms with Crippen molar-refractivity contribution in [1.29, 1.82) is 0 Å². The quantitative estimate of drug-likeness (QED) is 0.307. The number of nitrogens with zero attached hydrogens (tertiary/aromatic N) is 2. The zero-order chi connectivity index (χ0) is 32.4. The molecule has 8 nitrogen and oxygen atoms in total. The molecule has 0 bridgehead atoms. The zero-order valence-electron chi connectivity index (χ0n) is 26.5. The summed E-state index contributed by atoms with van der Waals surface area (Å²) in [5.74, 6) is 1.11. The smallest absolute Gasteiger partial charge is 0.254 e. The van der Waals surface area contributed by atoms with Crippen molar-refractivity contribution >= 4 is 35.0 Å². The number of methoxy groups -OCH3 is 3. The first-order valence-electron chi connectivity index (χ1n) is 15.2. The summed E-state index contributed by atoms with van der Waals surface area (Å²) in [5.41, 5.74) is 1.17. The van der Waals surface area contributed by atoms with Crippen LogP contribution in [0.4, 0.5) is 0 Å². The van der Waals surface area contributed by atoms with E-state index in [9.17, 15) is 9.59 Å². The Kier molecular flexibility index (Phi) is 9.87. The molecule has 2 amide bonds. The van der Waals surface area contributed by atoms with Crippen LogP contribution in [0.3, 0.4) is 0 Å². The Hall–Kier alpha value is -3.46. The number of nitrogens with one attached hydrogen (secondary N) is 1. The summed E-state index contributed by atoms with van der Waals surface area (Å²) in [4.78, 5) is 32.4. The van der Waals surface area contributed by atoms with Gasteiger partial charge < -0.3 is 24.4 Å². The molecule has 0 aliphatic carbocycles. The number of likely N-dealkylation sites (tertiary alicyclic amines) is 2. The fraction of sp³-hybridized carbons (Fsp3) is 0.429. The third kappa shape index (κ3) is 5.84. The standard InChI is InChI=1S/C35H41Cl2N3O5/c1-6-39-16-14-34(33(42)38-2,24-10-8-7-9-11-24)21-30(39)35(25-12-13-26(36)27(37)20-25)15-17-40(22-35)32(41)23-18-28(43-3)31(45-5)29(19-23)44-4/h7-13,18-20,30H,6,14-17,21-22H2,1-5H3,(H,38,42). The molecule has 0 spiro atoms. The maximum absolute atomic E-state index is 14.2. The second kappa shape index (κ2) is 13.5. The van der Waals surface area contributed by atoms with Crippen molar-refractivity contribution in [2.45, 2.75) is 43.1 Å². The van der Waals surface area contributed by atoms with E-state index in [2.05, 4.69) is 29.3 Å². The molecule has 5 rings (SSSR count). The minimum absolute atomic E-state index is 0.00194. The molecule has 3 unspecified atom stereocenters. The number of benzene rings is 3. The van der Waals surface area contributed by atoms with E-state index in [0.717, 1.165) is 24.2 Å². The summed E-state index contributed by atoms with van der Waals surface area (Å²) in [6.07, 6.45) is 1.95. The molecule has 0 saturated carbocycles. The molecule has 10 heteroatoms. The summed E-state index contributed by atoms with van der Waals surface area (Å²) >= 11 is 13.1. The van der Waals surface area contributed by atoms with Gasteiger partial charge in [-0.25, -0.2) is 0 Å². The van der Waals surface area contributed by atoms with E-state index in [1.54, 1.807) is 19.2 Å². The lowest BCUT2D eigenvalue weighted by atomic mass is 9.61. The highest BCUT2D eigenvalue weighted by atomic mass is 35.5. The van der Waals surface area contributed by atoms with Crippen LogP contribution in [-0.4, -0.2) is 82.2 Å². The molecule has 240 valence electrons. The largest absolute Gasteiger partial charge is 0.493 e. The van der Waals surface area contributed by atoms with Crippen LogP contribution in [0.25, 0.3) is 0 Å². The van der Waals surface area contributed by atoms with Crippen LogP contribution in [0.2, 0.25) is 10.0 Å². The molecule has 2 saturated heterocycles. The van der Waals surface area contributed by atoms with E-state index in [1.807, 2.05) is 41.3 Å². The molecule has 1 N–H and O–H groups in total. The number of rotatable bonds is 9. The van der Waals surface area contributed by atoms with E-state index in [-0.39, 0.29) is 17.9 Å². The van der Waals surface area contributed by atoms with E-state index < -0.39 is 10.8 Å². The Morgan fingerprint density at radius 1 is 0.889 bits per heavy atom. The SMILES string of the molecule is CCN1CCC(C(=O)NC)(c2ccccc2)CC1C1(c2ccc(Cl)c(Cl)c2)CCN(C(=O)c2cc(OC)c(OC)c(OC)c2)C1. The average Bonchev–Trinajstić information content (AvgIpc) is 3.54. The van der Waals surface area contributed by atoms with E-state index in [0.29, 0.717) is 65.2 Å². The van der Waals surface area contributed by atoms with Crippen LogP contribution in [-0.2, 0) is 15.6 Å². The molecule has 2 fully saturated rings. The van der Waals surface area contributed by atoms with Gasteiger partial charge in [0.1, 0.15) is 0 Å². The van der Waals surface area contributed by atoms with Gasteiger partial charge in [-0.15, -0.1) is 0 Å². The summed E-state index contributed by atoms with van der Waals surface area (Å²) in [7, 11) is 6.30. The molecule has 3 aromatic rings. The first kappa shape index (κ1) is 32.9. The van der Waals surface area contributed by atoms with Gasteiger partial charge in [-0.05, 0) is 67.7 Å². The monoisotopic (exact) mass is 653 g/mol. The highest BCUT2D eigenvalue weighted by Gasteiger charge is 2.55. The fourth-order valence-electron chi connectivity index (χ4n) is 7.47. The number of piperidine rings is 1. The Labute approximate surface area is 275 Å². The summed E-state index contributed by atoms with van der Waals surface area (Å²) in [5, 5.41) is 3.90. The lowest BCUT2D eigenvalue weighted by Crippen LogP contribution is -2.61. The number of ether oxygens (including phenoxy) is 3. The van der Waals surface area contributed by atoms with Crippen molar-refractivity contribution < 1.29 is 23.8 Å². The molecule has 0 aromatic heterocycles. The number of carbonyl (C=O) groups excluding carboxylic acids is 2. The second-order valence-corrected chi connectivity index (χ2v) is 12.6. The van der Waals surface area contributed by atoms with Crippen molar-refractivity contribution in [1.82, 2.24) is 15.1 Å². The lowest BCUT2D eigenvalue weighted by Gasteiger charge is -2.52. The van der Waals surface area contributed by atoms with Crippen LogP contribution >= 0.6 is 23.2 Å². The number of halogens is 2. The number of amides is 2. The van der Waals surface area contributed by atoms with Gasteiger partial charge in [0.25, 0.3) is 5.91 Å². The molecule has 0 radical (unpaired) electrons. The second-order valence-electron chi connectivity index (χ2n) is 11.8. The summed E-state index contributed by atoms with van der Waals surface area (Å²) in [6.45, 7) is 4.63. The fourth-order valence-corrected chi connectivity index (χ4v) is 7.77. The van der Waals surface area contributed by atoms with E-state index in [4.69, 9.17) is 37.4 Å². The molecule has 3 aromatic carbocycles. The Morgan fingerprint density at radius 3 is 2.16 bits per heavy atom. The summed E-state index contributed by atoms with van der Waals surface area (Å²) in [6, 6.07) is 19.1. The Morgan fingerprint density at radius 2 is 1.58 bits per heavy atom. The van der Waals surface area contributed by atoms with Crippen molar-refractivity contribution in [3.05, 3.63) is 87.4 Å². The van der Waals surface area contributed by atoms with Crippen LogP contribution in [0.15, 0.2) is 60.7 Å². The first-order chi connectivity index (χ1) is 21.7. The average molecular weight is 655 g/mol. The molecular weight excluding hydrogens is 613 g/mol. The van der Waals surface area contributed by atoms with Crippen molar-refractivity contribution in [2.24, 2.45) is 0 Å². The minimum atomic E-state index is -0.732. The molecule has 2 aliphatic rings. The number of likely N-dealkylation sites (N-methyl/N-ethyl adjacent to an activating group) is 2. The van der Waals surface area contributed by atoms with Crippen LogP contribution < -0.4 is 19.5 Å². The third-order valence-electron chi connectivity index (χ3n) is 9.83. The number of hydrogen-bond acceptors (Lipinski definition) is 6. The normalized spacial score (nSPS) is 23.4. The molecule has 45 heavy (non-hydrogen) atoms. The van der Waals surface area contributed by atoms with Gasteiger partial charge in [0.2, 0.25) is 11.7 Å². The molecule has 2 heterocycles. The highest BCUT2D eigenvalue weighted by Crippen LogP contribution is 2.50. The van der Waals surface area contributed by atoms with Gasteiger partial charge in [0.05, 0.1) is 36.8 Å². The Balaban J connectivity index is 1.62. The molecular formula is C35H41Cl2N3O5. The topological polar surface area (TPSA) is 80.3 Å². The van der Waals surface area contributed by atoms with Gasteiger partial charge >= 0.3 is 0 Å². The first-order valence-corrected chi connectivity index (χ1v) is 16.0. The lowest BCUT2D eigenvalue weighted by molar-refractivity contribution is -0.129. The zero-order valence-corrected chi connectivity index (χ0v) is 28.0. The van der Waals surface area contributed by atoms with E-state index in [1.165, 1.54) is 21.3 Å². The molecule has 2 aliphatic heterocycles. The number of hydrogen-bond donors (Lipinski definition) is 1. The van der Waals surface area contributed by atoms with Gasteiger partial charge in [-0.1, -0.05) is 66.5 Å². The van der Waals surface area contributed by atoms with Gasteiger partial charge in [-0.2, -0.15) is 0 Å². The summed E-state index contributed by atoms with van der Waals surface area (Å²) < 4.78 is 16.6. The van der Waals surface area contributed by atoms with Gasteiger partial charge in [0, 0.05) is 37.2 Å². The predicted molar refractivity (Wildman–Crippen MR) is 177 cm³/mol. The third-order valence-corrected chi connectivity index (χ3v) is 10.6. The van der Waals surface area contributed by atoms with Crippen molar-refractivity contribution in [2.75, 3.05) is 54.6 Å². The van der Waals surface area contributed by atoms with Crippen LogP contribution in [0.1, 0.15) is 47.7 Å². The van der Waals surface area contributed by atoms with Crippen LogP contribution in [0.5, 0.6) is 17.2 Å². The van der Waals surface area contributed by atoms with Crippen molar-refractivity contribution in [3.63, 3.8) is 0 Å². The van der Waals surface area contributed by atoms with Crippen LogP contribution in [0, 0.1) is 0 Å². The maximum Gasteiger partial charge on any atom is 0.254 e. The van der Waals surface area contributed by atoms with Gasteiger partial charge in [-0.3, -0.25) is 14.5 Å². The maximum atomic E-state index is 14.2.